The summed E-state index contributed by atoms with van der Waals surface area (Å²) >= 11 is 5.93. The molecule has 158 valence electrons. The van der Waals surface area contributed by atoms with Crippen molar-refractivity contribution in [3.05, 3.63) is 94.7 Å². The first-order valence-electron chi connectivity index (χ1n) is 10.1. The minimum absolute atomic E-state index is 0.214. The second kappa shape index (κ2) is 8.02. The fourth-order valence-electron chi connectivity index (χ4n) is 3.43. The lowest BCUT2D eigenvalue weighted by atomic mass is 10.1. The number of nitrogens with one attached hydrogen (secondary N) is 1. The van der Waals surface area contributed by atoms with Gasteiger partial charge in [-0.2, -0.15) is 0 Å². The number of amides is 1. The van der Waals surface area contributed by atoms with Crippen molar-refractivity contribution in [1.29, 1.82) is 0 Å². The Hall–Kier alpha value is -3.83. The van der Waals surface area contributed by atoms with Gasteiger partial charge in [-0.05, 0) is 91.7 Å². The van der Waals surface area contributed by atoms with Gasteiger partial charge in [0.05, 0.1) is 0 Å². The van der Waals surface area contributed by atoms with Crippen molar-refractivity contribution in [1.82, 2.24) is 4.98 Å². The molecular weight excluding hydrogens is 424 g/mol. The van der Waals surface area contributed by atoms with Crippen molar-refractivity contribution in [3.8, 4) is 22.8 Å². The molecule has 5 nitrogen and oxygen atoms in total. The minimum atomic E-state index is -0.345. The molecule has 2 aromatic heterocycles. The third-order valence-corrected chi connectivity index (χ3v) is 5.61. The van der Waals surface area contributed by atoms with Crippen LogP contribution in [0.15, 0.2) is 81.6 Å². The Bertz CT molecular complexity index is 1450. The number of aryl methyl sites for hydroxylation is 2. The van der Waals surface area contributed by atoms with Gasteiger partial charge in [0.15, 0.2) is 11.3 Å². The molecule has 0 saturated heterocycles. The van der Waals surface area contributed by atoms with Gasteiger partial charge >= 0.3 is 0 Å². The molecule has 5 aromatic rings. The lowest BCUT2D eigenvalue weighted by molar-refractivity contribution is 0.0997. The van der Waals surface area contributed by atoms with Crippen LogP contribution in [0.4, 0.5) is 5.69 Å². The Balaban J connectivity index is 1.36. The van der Waals surface area contributed by atoms with Gasteiger partial charge in [0.1, 0.15) is 11.3 Å². The maximum absolute atomic E-state index is 12.7. The predicted octanol–water partition coefficient (Wildman–Crippen LogP) is 7.28. The summed E-state index contributed by atoms with van der Waals surface area (Å²) in [6.07, 6.45) is 0. The molecule has 0 aliphatic rings. The number of fused-ring (bicyclic) bond motifs is 1. The maximum Gasteiger partial charge on any atom is 0.291 e. The quantitative estimate of drug-likeness (QED) is 0.317. The Morgan fingerprint density at radius 3 is 2.41 bits per heavy atom. The van der Waals surface area contributed by atoms with E-state index in [0.717, 1.165) is 11.1 Å². The van der Waals surface area contributed by atoms with Crippen LogP contribution in [0.2, 0.25) is 5.02 Å². The Morgan fingerprint density at radius 1 is 0.844 bits per heavy atom. The molecule has 1 N–H and O–H groups in total. The standard InChI is InChI=1S/C26H19ClN2O3/c1-15-3-4-18(13-16(15)2)26-29-21-14-20(9-10-23(21)32-26)28-25(30)24-12-11-22(31-24)17-5-7-19(27)8-6-17/h3-14H,1-2H3,(H,28,30). The largest absolute Gasteiger partial charge is 0.451 e. The van der Waals surface area contributed by atoms with E-state index in [4.69, 9.17) is 20.4 Å². The molecule has 0 spiro atoms. The fourth-order valence-corrected chi connectivity index (χ4v) is 3.55. The monoisotopic (exact) mass is 442 g/mol. The number of anilines is 1. The lowest BCUT2D eigenvalue weighted by Gasteiger charge is -2.02. The van der Waals surface area contributed by atoms with Crippen LogP contribution in [0.5, 0.6) is 0 Å². The highest BCUT2D eigenvalue weighted by atomic mass is 35.5. The number of carbonyl (C=O) groups excluding carboxylic acids is 1. The van der Waals surface area contributed by atoms with Crippen LogP contribution in [0.25, 0.3) is 33.9 Å². The molecule has 0 radical (unpaired) electrons. The molecule has 0 atom stereocenters. The first kappa shape index (κ1) is 20.1. The molecule has 2 heterocycles. The van der Waals surface area contributed by atoms with Gasteiger partial charge in [0, 0.05) is 21.8 Å². The van der Waals surface area contributed by atoms with Crippen molar-refractivity contribution < 1.29 is 13.6 Å². The molecule has 1 amide bonds. The summed E-state index contributed by atoms with van der Waals surface area (Å²) in [5, 5.41) is 3.50. The maximum atomic E-state index is 12.7. The molecule has 0 fully saturated rings. The highest BCUT2D eigenvalue weighted by Crippen LogP contribution is 2.28. The summed E-state index contributed by atoms with van der Waals surface area (Å²) in [6, 6.07) is 22.1. The SMILES string of the molecule is Cc1ccc(-c2nc3cc(NC(=O)c4ccc(-c5ccc(Cl)cc5)o4)ccc3o2)cc1C. The zero-order valence-corrected chi connectivity index (χ0v) is 18.2. The first-order valence-corrected chi connectivity index (χ1v) is 10.5. The third-order valence-electron chi connectivity index (χ3n) is 5.36. The number of halogens is 1. The lowest BCUT2D eigenvalue weighted by Crippen LogP contribution is -2.10. The van der Waals surface area contributed by atoms with E-state index in [2.05, 4.69) is 30.2 Å². The molecule has 32 heavy (non-hydrogen) atoms. The number of rotatable bonds is 4. The molecule has 3 aromatic carbocycles. The molecule has 0 unspecified atom stereocenters. The van der Waals surface area contributed by atoms with Crippen molar-refractivity contribution >= 4 is 34.3 Å². The molecule has 0 aliphatic carbocycles. The average molecular weight is 443 g/mol. The summed E-state index contributed by atoms with van der Waals surface area (Å²) in [7, 11) is 0. The van der Waals surface area contributed by atoms with Gasteiger partial charge in [0.25, 0.3) is 5.91 Å². The molecule has 5 rings (SSSR count). The van der Waals surface area contributed by atoms with Gasteiger partial charge in [0.2, 0.25) is 5.89 Å². The van der Waals surface area contributed by atoms with E-state index in [1.165, 1.54) is 11.1 Å². The van der Waals surface area contributed by atoms with Crippen LogP contribution in [-0.2, 0) is 0 Å². The summed E-state index contributed by atoms with van der Waals surface area (Å²) in [4.78, 5) is 17.3. The Labute approximate surface area is 189 Å². The number of hydrogen-bond acceptors (Lipinski definition) is 4. The summed E-state index contributed by atoms with van der Waals surface area (Å²) < 4.78 is 11.6. The van der Waals surface area contributed by atoms with Crippen molar-refractivity contribution in [2.75, 3.05) is 5.32 Å². The van der Waals surface area contributed by atoms with Gasteiger partial charge < -0.3 is 14.2 Å². The topological polar surface area (TPSA) is 68.3 Å². The van der Waals surface area contributed by atoms with E-state index >= 15 is 0 Å². The smallest absolute Gasteiger partial charge is 0.291 e. The summed E-state index contributed by atoms with van der Waals surface area (Å²) in [6.45, 7) is 4.12. The number of hydrogen-bond donors (Lipinski definition) is 1. The van der Waals surface area contributed by atoms with Crippen LogP contribution in [-0.4, -0.2) is 10.9 Å². The Morgan fingerprint density at radius 2 is 1.62 bits per heavy atom. The van der Waals surface area contributed by atoms with Gasteiger partial charge in [-0.3, -0.25) is 4.79 Å². The fraction of sp³-hybridized carbons (Fsp3) is 0.0769. The Kier molecular flexibility index (Phi) is 5.04. The van der Waals surface area contributed by atoms with Gasteiger partial charge in [-0.15, -0.1) is 0 Å². The zero-order chi connectivity index (χ0) is 22.2. The summed E-state index contributed by atoms with van der Waals surface area (Å²) in [5.41, 5.74) is 6.07. The third kappa shape index (κ3) is 3.90. The van der Waals surface area contributed by atoms with E-state index in [1.807, 2.05) is 24.3 Å². The van der Waals surface area contributed by atoms with Crippen LogP contribution >= 0.6 is 11.6 Å². The van der Waals surface area contributed by atoms with E-state index < -0.39 is 0 Å². The number of furan rings is 1. The zero-order valence-electron chi connectivity index (χ0n) is 17.5. The minimum Gasteiger partial charge on any atom is -0.451 e. The predicted molar refractivity (Wildman–Crippen MR) is 126 cm³/mol. The second-order valence-electron chi connectivity index (χ2n) is 7.63. The first-order chi connectivity index (χ1) is 15.5. The van der Waals surface area contributed by atoms with Crippen LogP contribution in [0, 0.1) is 13.8 Å². The van der Waals surface area contributed by atoms with E-state index in [9.17, 15) is 4.79 Å². The van der Waals surface area contributed by atoms with Crippen molar-refractivity contribution in [3.63, 3.8) is 0 Å². The number of carbonyl (C=O) groups is 1. The van der Waals surface area contributed by atoms with E-state index in [1.54, 1.807) is 42.5 Å². The molecular formula is C26H19ClN2O3. The molecule has 0 bridgehead atoms. The second-order valence-corrected chi connectivity index (χ2v) is 8.06. The van der Waals surface area contributed by atoms with Crippen molar-refractivity contribution in [2.24, 2.45) is 0 Å². The van der Waals surface area contributed by atoms with Gasteiger partial charge in [-0.25, -0.2) is 4.98 Å². The summed E-state index contributed by atoms with van der Waals surface area (Å²) in [5.74, 6) is 1.01. The highest BCUT2D eigenvalue weighted by Gasteiger charge is 2.14. The van der Waals surface area contributed by atoms with Crippen LogP contribution in [0.1, 0.15) is 21.7 Å². The van der Waals surface area contributed by atoms with Crippen LogP contribution in [0.3, 0.4) is 0 Å². The van der Waals surface area contributed by atoms with Crippen LogP contribution < -0.4 is 5.32 Å². The molecule has 6 heteroatoms. The average Bonchev–Trinajstić information content (AvgIpc) is 3.43. The molecule has 0 aliphatic heterocycles. The number of aromatic nitrogens is 1. The molecule has 0 saturated carbocycles. The number of nitrogens with zero attached hydrogens (tertiary/aromatic N) is 1. The van der Waals surface area contributed by atoms with E-state index in [-0.39, 0.29) is 11.7 Å². The van der Waals surface area contributed by atoms with Gasteiger partial charge in [-0.1, -0.05) is 17.7 Å². The highest BCUT2D eigenvalue weighted by molar-refractivity contribution is 6.30. The number of oxazole rings is 1. The van der Waals surface area contributed by atoms with E-state index in [0.29, 0.717) is 33.5 Å². The normalized spacial score (nSPS) is 11.1. The number of benzene rings is 3. The van der Waals surface area contributed by atoms with Crippen molar-refractivity contribution in [2.45, 2.75) is 13.8 Å².